The minimum Gasteiger partial charge on any atom is -0.356 e. The molecule has 17 heavy (non-hydrogen) atoms. The number of anilines is 1. The summed E-state index contributed by atoms with van der Waals surface area (Å²) in [5.74, 6) is 1.12. The van der Waals surface area contributed by atoms with Crippen LogP contribution in [0.1, 0.15) is 18.9 Å². The minimum atomic E-state index is 0.913. The summed E-state index contributed by atoms with van der Waals surface area (Å²) < 4.78 is 1.91. The van der Waals surface area contributed by atoms with Crippen LogP contribution in [0, 0.1) is 6.92 Å². The molecule has 4 nitrogen and oxygen atoms in total. The molecule has 0 fully saturated rings. The number of aryl methyl sites for hydroxylation is 1. The number of nitrogens with zero attached hydrogens (tertiary/aromatic N) is 4. The molecule has 0 aromatic carbocycles. The summed E-state index contributed by atoms with van der Waals surface area (Å²) in [4.78, 5) is 6.59. The minimum absolute atomic E-state index is 0.913. The SMILES string of the molecule is CCCN(CCBr)c1cc(C)cc2ncnn12. The van der Waals surface area contributed by atoms with Gasteiger partial charge in [0.05, 0.1) is 0 Å². The first-order chi connectivity index (χ1) is 8.26. The maximum absolute atomic E-state index is 4.29. The first-order valence-electron chi connectivity index (χ1n) is 5.87. The lowest BCUT2D eigenvalue weighted by Gasteiger charge is -2.24. The summed E-state index contributed by atoms with van der Waals surface area (Å²) in [6.07, 6.45) is 2.73. The predicted molar refractivity (Wildman–Crippen MR) is 74.0 cm³/mol. The van der Waals surface area contributed by atoms with E-state index in [1.54, 1.807) is 6.33 Å². The van der Waals surface area contributed by atoms with Crippen molar-refractivity contribution in [1.29, 1.82) is 0 Å². The van der Waals surface area contributed by atoms with Crippen molar-refractivity contribution in [3.8, 4) is 0 Å². The topological polar surface area (TPSA) is 33.4 Å². The third kappa shape index (κ3) is 2.60. The largest absolute Gasteiger partial charge is 0.356 e. The summed E-state index contributed by atoms with van der Waals surface area (Å²) in [5.41, 5.74) is 2.13. The molecule has 0 aliphatic heterocycles. The molecule has 0 aliphatic carbocycles. The molecular weight excluding hydrogens is 280 g/mol. The van der Waals surface area contributed by atoms with Gasteiger partial charge in [-0.2, -0.15) is 9.61 Å². The fourth-order valence-electron chi connectivity index (χ4n) is 1.97. The number of fused-ring (bicyclic) bond motifs is 1. The number of hydrogen-bond acceptors (Lipinski definition) is 3. The Labute approximate surface area is 110 Å². The van der Waals surface area contributed by atoms with E-state index >= 15 is 0 Å². The molecule has 2 aromatic heterocycles. The van der Waals surface area contributed by atoms with Gasteiger partial charge in [-0.3, -0.25) is 0 Å². The van der Waals surface area contributed by atoms with Crippen LogP contribution in [0.15, 0.2) is 18.5 Å². The van der Waals surface area contributed by atoms with E-state index in [-0.39, 0.29) is 0 Å². The highest BCUT2D eigenvalue weighted by molar-refractivity contribution is 9.09. The average Bonchev–Trinajstić information content (AvgIpc) is 2.75. The van der Waals surface area contributed by atoms with Crippen LogP contribution in [0.2, 0.25) is 0 Å². The average molecular weight is 297 g/mol. The predicted octanol–water partition coefficient (Wildman–Crippen LogP) is 2.65. The first kappa shape index (κ1) is 12.4. The molecule has 2 heterocycles. The highest BCUT2D eigenvalue weighted by Gasteiger charge is 2.11. The number of hydrogen-bond donors (Lipinski definition) is 0. The number of alkyl halides is 1. The van der Waals surface area contributed by atoms with Gasteiger partial charge in [0, 0.05) is 18.4 Å². The molecule has 0 N–H and O–H groups in total. The lowest BCUT2D eigenvalue weighted by atomic mass is 10.2. The van der Waals surface area contributed by atoms with Crippen molar-refractivity contribution in [2.24, 2.45) is 0 Å². The third-order valence-electron chi connectivity index (χ3n) is 2.68. The highest BCUT2D eigenvalue weighted by atomic mass is 79.9. The Bertz CT molecular complexity index is 488. The van der Waals surface area contributed by atoms with E-state index in [1.165, 1.54) is 5.56 Å². The van der Waals surface area contributed by atoms with E-state index in [4.69, 9.17) is 0 Å². The number of rotatable bonds is 5. The van der Waals surface area contributed by atoms with Gasteiger partial charge in [0.25, 0.3) is 0 Å². The van der Waals surface area contributed by atoms with Gasteiger partial charge in [0.1, 0.15) is 12.1 Å². The smallest absolute Gasteiger partial charge is 0.157 e. The lowest BCUT2D eigenvalue weighted by molar-refractivity contribution is 0.760. The summed E-state index contributed by atoms with van der Waals surface area (Å²) in [6.45, 7) is 6.29. The zero-order valence-electron chi connectivity index (χ0n) is 10.2. The van der Waals surface area contributed by atoms with Crippen LogP contribution in [0.25, 0.3) is 5.65 Å². The molecule has 0 spiro atoms. The molecule has 2 aromatic rings. The monoisotopic (exact) mass is 296 g/mol. The molecular formula is C12H17BrN4. The molecule has 0 saturated carbocycles. The second-order valence-electron chi connectivity index (χ2n) is 4.10. The maximum atomic E-state index is 4.29. The van der Waals surface area contributed by atoms with E-state index in [9.17, 15) is 0 Å². The van der Waals surface area contributed by atoms with Crippen molar-refractivity contribution < 1.29 is 0 Å². The molecule has 0 saturated heterocycles. The lowest BCUT2D eigenvalue weighted by Crippen LogP contribution is -2.28. The van der Waals surface area contributed by atoms with Crippen LogP contribution >= 0.6 is 15.9 Å². The molecule has 0 unspecified atom stereocenters. The van der Waals surface area contributed by atoms with Crippen molar-refractivity contribution in [3.05, 3.63) is 24.0 Å². The Morgan fingerprint density at radius 3 is 2.88 bits per heavy atom. The Morgan fingerprint density at radius 1 is 1.35 bits per heavy atom. The van der Waals surface area contributed by atoms with Crippen molar-refractivity contribution in [3.63, 3.8) is 0 Å². The maximum Gasteiger partial charge on any atom is 0.157 e. The Morgan fingerprint density at radius 2 is 2.18 bits per heavy atom. The Hall–Kier alpha value is -1.10. The van der Waals surface area contributed by atoms with Crippen molar-refractivity contribution >= 4 is 27.4 Å². The van der Waals surface area contributed by atoms with Gasteiger partial charge in [0.2, 0.25) is 0 Å². The fraction of sp³-hybridized carbons (Fsp3) is 0.500. The van der Waals surface area contributed by atoms with E-state index in [0.717, 1.165) is 36.3 Å². The van der Waals surface area contributed by atoms with Crippen molar-refractivity contribution in [2.75, 3.05) is 23.3 Å². The van der Waals surface area contributed by atoms with Crippen LogP contribution in [0.3, 0.4) is 0 Å². The Kier molecular flexibility index (Phi) is 3.99. The zero-order valence-corrected chi connectivity index (χ0v) is 11.8. The molecule has 5 heteroatoms. The second-order valence-corrected chi connectivity index (χ2v) is 4.89. The number of aromatic nitrogens is 3. The van der Waals surface area contributed by atoms with Gasteiger partial charge < -0.3 is 4.90 Å². The number of halogens is 1. The van der Waals surface area contributed by atoms with Gasteiger partial charge in [-0.15, -0.1) is 0 Å². The highest BCUT2D eigenvalue weighted by Crippen LogP contribution is 2.18. The molecule has 0 atom stereocenters. The van der Waals surface area contributed by atoms with Gasteiger partial charge in [-0.25, -0.2) is 4.98 Å². The molecule has 0 aliphatic rings. The third-order valence-corrected chi connectivity index (χ3v) is 3.03. The van der Waals surface area contributed by atoms with E-state index in [0.29, 0.717) is 0 Å². The van der Waals surface area contributed by atoms with Gasteiger partial charge >= 0.3 is 0 Å². The van der Waals surface area contributed by atoms with Gasteiger partial charge in [-0.1, -0.05) is 22.9 Å². The zero-order chi connectivity index (χ0) is 12.3. The van der Waals surface area contributed by atoms with E-state index in [1.807, 2.05) is 4.52 Å². The first-order valence-corrected chi connectivity index (χ1v) is 6.99. The molecule has 0 radical (unpaired) electrons. The molecule has 0 amide bonds. The van der Waals surface area contributed by atoms with Crippen LogP contribution in [-0.4, -0.2) is 33.0 Å². The van der Waals surface area contributed by atoms with Crippen LogP contribution < -0.4 is 4.90 Å². The van der Waals surface area contributed by atoms with Crippen LogP contribution in [0.4, 0.5) is 5.82 Å². The fourth-order valence-corrected chi connectivity index (χ4v) is 2.40. The standard InChI is InChI=1S/C12H17BrN4/c1-3-5-16(6-4-13)12-8-10(2)7-11-14-9-15-17(11)12/h7-9H,3-6H2,1-2H3. The van der Waals surface area contributed by atoms with E-state index < -0.39 is 0 Å². The summed E-state index contributed by atoms with van der Waals surface area (Å²) in [6, 6.07) is 4.22. The Balaban J connectivity index is 2.46. The summed E-state index contributed by atoms with van der Waals surface area (Å²) in [7, 11) is 0. The van der Waals surface area contributed by atoms with Crippen molar-refractivity contribution in [1.82, 2.24) is 14.6 Å². The normalized spacial score (nSPS) is 11.0. The summed E-state index contributed by atoms with van der Waals surface area (Å²) in [5, 5.41) is 5.25. The van der Waals surface area contributed by atoms with Gasteiger partial charge in [0.15, 0.2) is 5.65 Å². The molecule has 0 bridgehead atoms. The summed E-state index contributed by atoms with van der Waals surface area (Å²) >= 11 is 3.50. The van der Waals surface area contributed by atoms with E-state index in [2.05, 4.69) is 56.9 Å². The van der Waals surface area contributed by atoms with Crippen LogP contribution in [0.5, 0.6) is 0 Å². The quantitative estimate of drug-likeness (QED) is 0.796. The second kappa shape index (κ2) is 5.49. The van der Waals surface area contributed by atoms with Gasteiger partial charge in [-0.05, 0) is 31.0 Å². The van der Waals surface area contributed by atoms with Crippen molar-refractivity contribution in [2.45, 2.75) is 20.3 Å². The number of pyridine rings is 1. The van der Waals surface area contributed by atoms with Crippen LogP contribution in [-0.2, 0) is 0 Å². The molecule has 2 rings (SSSR count). The molecule has 92 valence electrons.